The van der Waals surface area contributed by atoms with Gasteiger partial charge in [0, 0.05) is 32.7 Å². The normalized spacial score (nSPS) is 15.9. The second kappa shape index (κ2) is 8.89. The zero-order valence-corrected chi connectivity index (χ0v) is 16.6. The lowest BCUT2D eigenvalue weighted by molar-refractivity contribution is -0.152. The summed E-state index contributed by atoms with van der Waals surface area (Å²) in [6, 6.07) is 3.47. The minimum atomic E-state index is -4.55. The van der Waals surface area contributed by atoms with Crippen LogP contribution in [0.5, 0.6) is 5.75 Å². The molecule has 10 heteroatoms. The monoisotopic (exact) mass is 418 g/mol. The maximum absolute atomic E-state index is 13.3. The van der Waals surface area contributed by atoms with Gasteiger partial charge in [-0.15, -0.1) is 0 Å². The van der Waals surface area contributed by atoms with Crippen LogP contribution in [-0.4, -0.2) is 66.9 Å². The molecule has 1 aromatic rings. The Morgan fingerprint density at radius 1 is 1.10 bits per heavy atom. The fourth-order valence-electron chi connectivity index (χ4n) is 2.95. The Kier molecular flexibility index (Phi) is 6.99. The van der Waals surface area contributed by atoms with Crippen LogP contribution in [0, 0.1) is 5.41 Å². The van der Waals surface area contributed by atoms with Gasteiger partial charge in [0.2, 0.25) is 0 Å². The standard InChI is InChI=1S/C19H25F3N2O5/c1-18(2,16(25)28-3)12-29-15-9-13(8-14(10-15)19(20,21)22)11-23-4-6-24(7-5-23)17(26)27/h8-10H,4-7,11-12H2,1-3H3,(H,26,27). The first-order chi connectivity index (χ1) is 13.4. The van der Waals surface area contributed by atoms with E-state index in [4.69, 9.17) is 9.84 Å². The van der Waals surface area contributed by atoms with E-state index in [2.05, 4.69) is 4.74 Å². The van der Waals surface area contributed by atoms with E-state index >= 15 is 0 Å². The number of halogens is 3. The third kappa shape index (κ3) is 6.25. The van der Waals surface area contributed by atoms with Gasteiger partial charge in [-0.25, -0.2) is 4.79 Å². The van der Waals surface area contributed by atoms with E-state index in [1.165, 1.54) is 18.1 Å². The number of esters is 1. The Hall–Kier alpha value is -2.49. The molecule has 2 rings (SSSR count). The SMILES string of the molecule is COC(=O)C(C)(C)COc1cc(CN2CCN(C(=O)O)CC2)cc(C(F)(F)F)c1. The molecular weight excluding hydrogens is 393 g/mol. The predicted octanol–water partition coefficient (Wildman–Crippen LogP) is 3.08. The summed E-state index contributed by atoms with van der Waals surface area (Å²) in [5.41, 5.74) is -1.46. The topological polar surface area (TPSA) is 79.3 Å². The van der Waals surface area contributed by atoms with Crippen molar-refractivity contribution in [1.82, 2.24) is 9.80 Å². The largest absolute Gasteiger partial charge is 0.492 e. The number of piperazine rings is 1. The number of alkyl halides is 3. The number of methoxy groups -OCH3 is 1. The summed E-state index contributed by atoms with van der Waals surface area (Å²) in [5, 5.41) is 8.99. The highest BCUT2D eigenvalue weighted by molar-refractivity contribution is 5.75. The zero-order valence-electron chi connectivity index (χ0n) is 16.6. The Morgan fingerprint density at radius 2 is 1.72 bits per heavy atom. The molecule has 162 valence electrons. The number of carboxylic acid groups (broad SMARTS) is 1. The number of carbonyl (C=O) groups excluding carboxylic acids is 1. The first-order valence-electron chi connectivity index (χ1n) is 9.05. The Balaban J connectivity index is 2.15. The summed E-state index contributed by atoms with van der Waals surface area (Å²) in [7, 11) is 1.23. The van der Waals surface area contributed by atoms with Crippen LogP contribution < -0.4 is 4.74 Å². The first-order valence-corrected chi connectivity index (χ1v) is 9.05. The summed E-state index contributed by atoms with van der Waals surface area (Å²) >= 11 is 0. The van der Waals surface area contributed by atoms with E-state index < -0.39 is 29.2 Å². The molecule has 1 aliphatic heterocycles. The molecule has 0 unspecified atom stereocenters. The summed E-state index contributed by atoms with van der Waals surface area (Å²) in [4.78, 5) is 25.9. The number of amides is 1. The number of hydrogen-bond acceptors (Lipinski definition) is 5. The van der Waals surface area contributed by atoms with Crippen LogP contribution in [0.2, 0.25) is 0 Å². The third-order valence-corrected chi connectivity index (χ3v) is 4.68. The van der Waals surface area contributed by atoms with Gasteiger partial charge in [-0.05, 0) is 37.6 Å². The van der Waals surface area contributed by atoms with Crippen molar-refractivity contribution in [3.05, 3.63) is 29.3 Å². The molecule has 0 saturated carbocycles. The van der Waals surface area contributed by atoms with Crippen LogP contribution >= 0.6 is 0 Å². The van der Waals surface area contributed by atoms with Crippen molar-refractivity contribution in [1.29, 1.82) is 0 Å². The molecule has 1 fully saturated rings. The van der Waals surface area contributed by atoms with E-state index in [0.29, 0.717) is 31.7 Å². The smallest absolute Gasteiger partial charge is 0.416 e. The van der Waals surface area contributed by atoms with Crippen LogP contribution in [0.15, 0.2) is 18.2 Å². The molecule has 0 atom stereocenters. The molecule has 1 amide bonds. The molecule has 0 aromatic heterocycles. The highest BCUT2D eigenvalue weighted by Crippen LogP contribution is 2.33. The fourth-order valence-corrected chi connectivity index (χ4v) is 2.95. The Labute approximate surface area is 167 Å². The summed E-state index contributed by atoms with van der Waals surface area (Å²) < 4.78 is 50.1. The second-order valence-electron chi connectivity index (χ2n) is 7.57. The molecule has 0 bridgehead atoms. The molecule has 0 aliphatic carbocycles. The molecule has 7 nitrogen and oxygen atoms in total. The van der Waals surface area contributed by atoms with E-state index in [9.17, 15) is 22.8 Å². The van der Waals surface area contributed by atoms with Gasteiger partial charge < -0.3 is 19.5 Å². The van der Waals surface area contributed by atoms with Crippen LogP contribution in [-0.2, 0) is 22.3 Å². The summed E-state index contributed by atoms with van der Waals surface area (Å²) in [6.07, 6.45) is -5.55. The molecule has 0 radical (unpaired) electrons. The van der Waals surface area contributed by atoms with Crippen molar-refractivity contribution in [2.24, 2.45) is 5.41 Å². The average Bonchev–Trinajstić information content (AvgIpc) is 2.65. The van der Waals surface area contributed by atoms with Gasteiger partial charge >= 0.3 is 18.2 Å². The lowest BCUT2D eigenvalue weighted by atomic mass is 9.95. The van der Waals surface area contributed by atoms with E-state index in [1.54, 1.807) is 13.8 Å². The second-order valence-corrected chi connectivity index (χ2v) is 7.57. The first kappa shape index (κ1) is 22.8. The minimum Gasteiger partial charge on any atom is -0.492 e. The molecule has 1 aromatic carbocycles. The molecule has 1 N–H and O–H groups in total. The fraction of sp³-hybridized carbons (Fsp3) is 0.579. The summed E-state index contributed by atoms with van der Waals surface area (Å²) in [5.74, 6) is -0.517. The van der Waals surface area contributed by atoms with Crippen LogP contribution in [0.1, 0.15) is 25.0 Å². The van der Waals surface area contributed by atoms with Gasteiger partial charge in [-0.2, -0.15) is 13.2 Å². The predicted molar refractivity (Wildman–Crippen MR) is 97.6 cm³/mol. The van der Waals surface area contributed by atoms with E-state index in [-0.39, 0.29) is 18.9 Å². The molecule has 29 heavy (non-hydrogen) atoms. The van der Waals surface area contributed by atoms with Crippen molar-refractivity contribution >= 4 is 12.1 Å². The van der Waals surface area contributed by atoms with Crippen molar-refractivity contribution in [3.8, 4) is 5.75 Å². The Bertz CT molecular complexity index is 744. The van der Waals surface area contributed by atoms with Gasteiger partial charge in [0.1, 0.15) is 12.4 Å². The van der Waals surface area contributed by atoms with Gasteiger partial charge in [0.15, 0.2) is 0 Å². The van der Waals surface area contributed by atoms with Crippen molar-refractivity contribution < 1.29 is 37.3 Å². The van der Waals surface area contributed by atoms with Gasteiger partial charge in [0.25, 0.3) is 0 Å². The lowest BCUT2D eigenvalue weighted by Gasteiger charge is -2.33. The number of ether oxygens (including phenoxy) is 2. The van der Waals surface area contributed by atoms with Gasteiger partial charge in [-0.3, -0.25) is 9.69 Å². The number of nitrogens with zero attached hydrogens (tertiary/aromatic N) is 2. The minimum absolute atomic E-state index is 0.0102. The average molecular weight is 418 g/mol. The van der Waals surface area contributed by atoms with Crippen molar-refractivity contribution in [2.45, 2.75) is 26.6 Å². The lowest BCUT2D eigenvalue weighted by Crippen LogP contribution is -2.47. The maximum atomic E-state index is 13.3. The molecule has 0 spiro atoms. The summed E-state index contributed by atoms with van der Waals surface area (Å²) in [6.45, 7) is 4.69. The zero-order chi connectivity index (χ0) is 21.8. The third-order valence-electron chi connectivity index (χ3n) is 4.68. The number of hydrogen-bond donors (Lipinski definition) is 1. The van der Waals surface area contributed by atoms with Crippen molar-refractivity contribution in [3.63, 3.8) is 0 Å². The number of benzene rings is 1. The van der Waals surface area contributed by atoms with Crippen LogP contribution in [0.3, 0.4) is 0 Å². The van der Waals surface area contributed by atoms with Gasteiger partial charge in [0.05, 0.1) is 18.1 Å². The molecular formula is C19H25F3N2O5. The van der Waals surface area contributed by atoms with Gasteiger partial charge in [-0.1, -0.05) is 0 Å². The van der Waals surface area contributed by atoms with Crippen molar-refractivity contribution in [2.75, 3.05) is 39.9 Å². The number of carbonyl (C=O) groups is 2. The van der Waals surface area contributed by atoms with Crippen LogP contribution in [0.4, 0.5) is 18.0 Å². The number of rotatable bonds is 6. The van der Waals surface area contributed by atoms with E-state index in [1.807, 2.05) is 4.90 Å². The Morgan fingerprint density at radius 3 is 2.24 bits per heavy atom. The molecule has 1 heterocycles. The van der Waals surface area contributed by atoms with E-state index in [0.717, 1.165) is 12.1 Å². The quantitative estimate of drug-likeness (QED) is 0.716. The molecule has 1 saturated heterocycles. The van der Waals surface area contributed by atoms with Crippen LogP contribution in [0.25, 0.3) is 0 Å². The highest BCUT2D eigenvalue weighted by Gasteiger charge is 2.33. The maximum Gasteiger partial charge on any atom is 0.416 e. The molecule has 1 aliphatic rings. The highest BCUT2D eigenvalue weighted by atomic mass is 19.4.